The Hall–Kier alpha value is -1.18. The zero-order valence-electron chi connectivity index (χ0n) is 11.9. The predicted molar refractivity (Wildman–Crippen MR) is 73.5 cm³/mol. The molecule has 1 saturated carbocycles. The van der Waals surface area contributed by atoms with Gasteiger partial charge in [0.05, 0.1) is 0 Å². The standard InChI is InChI=1S/C16H23NO/c1-11-5-8-14(15(18)9-11)16(3,4)13-7-6-12(2)17-10-13/h6-7,10-11,14H,5,8-9H2,1-4H3. The zero-order valence-corrected chi connectivity index (χ0v) is 11.9. The van der Waals surface area contributed by atoms with Crippen LogP contribution in [0.2, 0.25) is 0 Å². The smallest absolute Gasteiger partial charge is 0.137 e. The highest BCUT2D eigenvalue weighted by Crippen LogP contribution is 2.40. The van der Waals surface area contributed by atoms with Crippen LogP contribution in [-0.4, -0.2) is 10.8 Å². The van der Waals surface area contributed by atoms with Gasteiger partial charge in [0.2, 0.25) is 0 Å². The van der Waals surface area contributed by atoms with E-state index in [0.717, 1.165) is 18.5 Å². The van der Waals surface area contributed by atoms with Crippen LogP contribution in [0.3, 0.4) is 0 Å². The third-order valence-corrected chi connectivity index (χ3v) is 4.41. The number of carbonyl (C=O) groups is 1. The topological polar surface area (TPSA) is 30.0 Å². The molecule has 1 heterocycles. The first kappa shape index (κ1) is 13.3. The first-order valence-corrected chi connectivity index (χ1v) is 6.87. The molecule has 2 atom stereocenters. The van der Waals surface area contributed by atoms with Crippen LogP contribution in [0.1, 0.15) is 51.3 Å². The number of aryl methyl sites for hydroxylation is 1. The van der Waals surface area contributed by atoms with E-state index in [1.54, 1.807) is 0 Å². The molecule has 1 aromatic heterocycles. The lowest BCUT2D eigenvalue weighted by Gasteiger charge is -2.37. The molecule has 1 aliphatic rings. The van der Waals surface area contributed by atoms with Crippen LogP contribution in [0.4, 0.5) is 0 Å². The summed E-state index contributed by atoms with van der Waals surface area (Å²) < 4.78 is 0. The maximum absolute atomic E-state index is 12.3. The average molecular weight is 245 g/mol. The molecule has 0 spiro atoms. The van der Waals surface area contributed by atoms with Gasteiger partial charge in [0.25, 0.3) is 0 Å². The monoisotopic (exact) mass is 245 g/mol. The Kier molecular flexibility index (Phi) is 3.56. The number of hydrogen-bond acceptors (Lipinski definition) is 2. The van der Waals surface area contributed by atoms with Gasteiger partial charge in [0, 0.05) is 29.6 Å². The normalized spacial score (nSPS) is 25.2. The van der Waals surface area contributed by atoms with Gasteiger partial charge in [-0.05, 0) is 37.3 Å². The van der Waals surface area contributed by atoms with Crippen molar-refractivity contribution in [2.45, 2.75) is 52.4 Å². The molecule has 0 N–H and O–H groups in total. The highest BCUT2D eigenvalue weighted by atomic mass is 16.1. The summed E-state index contributed by atoms with van der Waals surface area (Å²) in [5, 5.41) is 0. The first-order valence-electron chi connectivity index (χ1n) is 6.87. The highest BCUT2D eigenvalue weighted by molar-refractivity contribution is 5.83. The van der Waals surface area contributed by atoms with Crippen LogP contribution in [0.5, 0.6) is 0 Å². The third-order valence-electron chi connectivity index (χ3n) is 4.41. The summed E-state index contributed by atoms with van der Waals surface area (Å²) in [6, 6.07) is 4.15. The molecule has 1 aliphatic carbocycles. The molecule has 18 heavy (non-hydrogen) atoms. The number of rotatable bonds is 2. The molecule has 2 rings (SSSR count). The summed E-state index contributed by atoms with van der Waals surface area (Å²) >= 11 is 0. The van der Waals surface area contributed by atoms with Crippen LogP contribution < -0.4 is 0 Å². The van der Waals surface area contributed by atoms with Gasteiger partial charge < -0.3 is 0 Å². The minimum Gasteiger partial charge on any atom is -0.299 e. The summed E-state index contributed by atoms with van der Waals surface area (Å²) in [6.07, 6.45) is 4.86. The lowest BCUT2D eigenvalue weighted by molar-refractivity contribution is -0.128. The number of hydrogen-bond donors (Lipinski definition) is 0. The minimum atomic E-state index is -0.0993. The summed E-state index contributed by atoms with van der Waals surface area (Å²) in [4.78, 5) is 16.6. The van der Waals surface area contributed by atoms with Crippen molar-refractivity contribution in [3.63, 3.8) is 0 Å². The van der Waals surface area contributed by atoms with Crippen molar-refractivity contribution in [2.75, 3.05) is 0 Å². The highest BCUT2D eigenvalue weighted by Gasteiger charge is 2.39. The van der Waals surface area contributed by atoms with E-state index in [0.29, 0.717) is 11.7 Å². The lowest BCUT2D eigenvalue weighted by atomic mass is 9.65. The molecule has 2 unspecified atom stereocenters. The van der Waals surface area contributed by atoms with E-state index in [1.807, 2.05) is 19.2 Å². The summed E-state index contributed by atoms with van der Waals surface area (Å²) in [5.41, 5.74) is 2.11. The maximum Gasteiger partial charge on any atom is 0.137 e. The van der Waals surface area contributed by atoms with Crippen molar-refractivity contribution in [3.8, 4) is 0 Å². The summed E-state index contributed by atoms with van der Waals surface area (Å²) in [5.74, 6) is 1.14. The molecule has 0 amide bonds. The zero-order chi connectivity index (χ0) is 13.3. The Morgan fingerprint density at radius 2 is 2.00 bits per heavy atom. The fourth-order valence-corrected chi connectivity index (χ4v) is 3.01. The van der Waals surface area contributed by atoms with E-state index in [2.05, 4.69) is 31.8 Å². The molecular formula is C16H23NO. The number of ketones is 1. The largest absolute Gasteiger partial charge is 0.299 e. The van der Waals surface area contributed by atoms with Crippen molar-refractivity contribution in [3.05, 3.63) is 29.6 Å². The second kappa shape index (κ2) is 4.83. The van der Waals surface area contributed by atoms with Gasteiger partial charge in [-0.2, -0.15) is 0 Å². The van der Waals surface area contributed by atoms with Gasteiger partial charge in [0.15, 0.2) is 0 Å². The number of nitrogens with zero attached hydrogens (tertiary/aromatic N) is 1. The van der Waals surface area contributed by atoms with Gasteiger partial charge in [-0.25, -0.2) is 0 Å². The van der Waals surface area contributed by atoms with Crippen molar-refractivity contribution in [2.24, 2.45) is 11.8 Å². The summed E-state index contributed by atoms with van der Waals surface area (Å²) in [7, 11) is 0. The Morgan fingerprint density at radius 1 is 1.28 bits per heavy atom. The second-order valence-corrected chi connectivity index (χ2v) is 6.32. The number of aromatic nitrogens is 1. The maximum atomic E-state index is 12.3. The van der Waals surface area contributed by atoms with E-state index in [4.69, 9.17) is 0 Å². The van der Waals surface area contributed by atoms with Crippen LogP contribution >= 0.6 is 0 Å². The molecule has 0 aliphatic heterocycles. The van der Waals surface area contributed by atoms with Crippen molar-refractivity contribution in [1.29, 1.82) is 0 Å². The number of pyridine rings is 1. The average Bonchev–Trinajstić information content (AvgIpc) is 2.29. The van der Waals surface area contributed by atoms with E-state index in [9.17, 15) is 4.79 Å². The molecular weight excluding hydrogens is 222 g/mol. The third kappa shape index (κ3) is 2.47. The fraction of sp³-hybridized carbons (Fsp3) is 0.625. The van der Waals surface area contributed by atoms with Gasteiger partial charge in [-0.15, -0.1) is 0 Å². The quantitative estimate of drug-likeness (QED) is 0.795. The van der Waals surface area contributed by atoms with Crippen molar-refractivity contribution < 1.29 is 4.79 Å². The first-order chi connectivity index (χ1) is 8.41. The van der Waals surface area contributed by atoms with E-state index >= 15 is 0 Å². The minimum absolute atomic E-state index is 0.0993. The Balaban J connectivity index is 2.25. The lowest BCUT2D eigenvalue weighted by Crippen LogP contribution is -2.38. The van der Waals surface area contributed by atoms with Gasteiger partial charge >= 0.3 is 0 Å². The molecule has 0 aromatic carbocycles. The van der Waals surface area contributed by atoms with Crippen molar-refractivity contribution in [1.82, 2.24) is 4.98 Å². The van der Waals surface area contributed by atoms with Crippen molar-refractivity contribution >= 4 is 5.78 Å². The second-order valence-electron chi connectivity index (χ2n) is 6.32. The SMILES string of the molecule is Cc1ccc(C(C)(C)C2CCC(C)CC2=O)cn1. The Labute approximate surface area is 110 Å². The van der Waals surface area contributed by atoms with Gasteiger partial charge in [-0.3, -0.25) is 9.78 Å². The van der Waals surface area contributed by atoms with E-state index in [-0.39, 0.29) is 11.3 Å². The molecule has 1 fully saturated rings. The molecule has 2 nitrogen and oxygen atoms in total. The van der Waals surface area contributed by atoms with Crippen LogP contribution in [0.15, 0.2) is 18.3 Å². The van der Waals surface area contributed by atoms with Gasteiger partial charge in [0.1, 0.15) is 5.78 Å². The predicted octanol–water partition coefficient (Wildman–Crippen LogP) is 3.67. The molecule has 0 bridgehead atoms. The molecule has 0 radical (unpaired) electrons. The Morgan fingerprint density at radius 3 is 2.56 bits per heavy atom. The van der Waals surface area contributed by atoms with Gasteiger partial charge in [-0.1, -0.05) is 26.8 Å². The number of carbonyl (C=O) groups excluding carboxylic acids is 1. The molecule has 98 valence electrons. The molecule has 0 saturated heterocycles. The van der Waals surface area contributed by atoms with E-state index < -0.39 is 0 Å². The molecule has 2 heteroatoms. The van der Waals surface area contributed by atoms with Crippen LogP contribution in [0.25, 0.3) is 0 Å². The van der Waals surface area contributed by atoms with Crippen LogP contribution in [-0.2, 0) is 10.2 Å². The number of Topliss-reactive ketones (excluding diaryl/α,β-unsaturated/α-hetero) is 1. The van der Waals surface area contributed by atoms with E-state index in [1.165, 1.54) is 12.0 Å². The molecule has 1 aromatic rings. The summed E-state index contributed by atoms with van der Waals surface area (Å²) in [6.45, 7) is 8.52. The van der Waals surface area contributed by atoms with Crippen LogP contribution in [0, 0.1) is 18.8 Å². The Bertz CT molecular complexity index is 433. The fourth-order valence-electron chi connectivity index (χ4n) is 3.01.